The van der Waals surface area contributed by atoms with E-state index in [1.807, 2.05) is 11.8 Å². The van der Waals surface area contributed by atoms with Crippen LogP contribution in [0.4, 0.5) is 17.5 Å². The SMILES string of the molecule is CC(Nc1nc(N2CCN(c3ccccc3)CC2)nc2c1SCC2)c1ccccc1. The van der Waals surface area contributed by atoms with Crippen LogP contribution in [0.1, 0.15) is 24.2 Å². The van der Waals surface area contributed by atoms with Crippen molar-refractivity contribution in [3.8, 4) is 0 Å². The number of hydrogen-bond donors (Lipinski definition) is 1. The monoisotopic (exact) mass is 417 g/mol. The zero-order valence-electron chi connectivity index (χ0n) is 17.3. The Kier molecular flexibility index (Phi) is 5.49. The maximum absolute atomic E-state index is 5.00. The van der Waals surface area contributed by atoms with Crippen molar-refractivity contribution in [1.82, 2.24) is 9.97 Å². The van der Waals surface area contributed by atoms with Crippen LogP contribution >= 0.6 is 11.8 Å². The molecule has 1 N–H and O–H groups in total. The van der Waals surface area contributed by atoms with Crippen LogP contribution in [0.5, 0.6) is 0 Å². The van der Waals surface area contributed by atoms with Gasteiger partial charge in [-0.05, 0) is 24.6 Å². The number of fused-ring (bicyclic) bond motifs is 1. The fourth-order valence-corrected chi connectivity index (χ4v) is 5.18. The van der Waals surface area contributed by atoms with Crippen LogP contribution in [0.3, 0.4) is 0 Å². The summed E-state index contributed by atoms with van der Waals surface area (Å²) < 4.78 is 0. The van der Waals surface area contributed by atoms with E-state index in [9.17, 15) is 0 Å². The summed E-state index contributed by atoms with van der Waals surface area (Å²) in [5.74, 6) is 2.94. The number of thioether (sulfide) groups is 1. The highest BCUT2D eigenvalue weighted by Gasteiger charge is 2.25. The Hall–Kier alpha value is -2.73. The van der Waals surface area contributed by atoms with Gasteiger partial charge in [-0.2, -0.15) is 4.98 Å². The maximum Gasteiger partial charge on any atom is 0.227 e. The molecule has 2 aromatic carbocycles. The second kappa shape index (κ2) is 8.56. The number of para-hydroxylation sites is 1. The minimum atomic E-state index is 0.203. The molecule has 0 amide bonds. The molecule has 0 spiro atoms. The summed E-state index contributed by atoms with van der Waals surface area (Å²) in [6.45, 7) is 6.05. The summed E-state index contributed by atoms with van der Waals surface area (Å²) in [5, 5.41) is 3.66. The second-order valence-electron chi connectivity index (χ2n) is 7.83. The Balaban J connectivity index is 1.34. The van der Waals surface area contributed by atoms with Gasteiger partial charge in [0.1, 0.15) is 5.82 Å². The van der Waals surface area contributed by atoms with E-state index < -0.39 is 0 Å². The van der Waals surface area contributed by atoms with E-state index in [1.165, 1.54) is 21.8 Å². The van der Waals surface area contributed by atoms with Crippen LogP contribution in [-0.4, -0.2) is 41.9 Å². The molecular formula is C24H27N5S. The highest BCUT2D eigenvalue weighted by molar-refractivity contribution is 7.99. The van der Waals surface area contributed by atoms with Gasteiger partial charge in [0, 0.05) is 50.1 Å². The van der Waals surface area contributed by atoms with Crippen molar-refractivity contribution in [2.24, 2.45) is 0 Å². The zero-order valence-corrected chi connectivity index (χ0v) is 18.1. The van der Waals surface area contributed by atoms with Crippen LogP contribution in [0.2, 0.25) is 0 Å². The van der Waals surface area contributed by atoms with Crippen LogP contribution in [-0.2, 0) is 6.42 Å². The average Bonchev–Trinajstić information content (AvgIpc) is 3.29. The van der Waals surface area contributed by atoms with Crippen molar-refractivity contribution in [2.45, 2.75) is 24.3 Å². The quantitative estimate of drug-likeness (QED) is 0.653. The highest BCUT2D eigenvalue weighted by atomic mass is 32.2. The van der Waals surface area contributed by atoms with Crippen molar-refractivity contribution in [2.75, 3.05) is 47.0 Å². The average molecular weight is 418 g/mol. The molecule has 2 aliphatic rings. The van der Waals surface area contributed by atoms with Crippen molar-refractivity contribution in [3.05, 3.63) is 71.9 Å². The third-order valence-corrected chi connectivity index (χ3v) is 6.97. The topological polar surface area (TPSA) is 44.3 Å². The molecule has 5 nitrogen and oxygen atoms in total. The molecule has 0 saturated carbocycles. The Labute approximate surface area is 182 Å². The number of benzene rings is 2. The first kappa shape index (κ1) is 19.2. The molecule has 0 aliphatic carbocycles. The first-order chi connectivity index (χ1) is 14.8. The largest absolute Gasteiger partial charge is 0.368 e. The lowest BCUT2D eigenvalue weighted by atomic mass is 10.1. The van der Waals surface area contributed by atoms with Crippen LogP contribution in [0.25, 0.3) is 0 Å². The van der Waals surface area contributed by atoms with E-state index in [1.54, 1.807) is 0 Å². The number of piperazine rings is 1. The molecule has 5 rings (SSSR count). The number of hydrogen-bond acceptors (Lipinski definition) is 6. The van der Waals surface area contributed by atoms with E-state index in [-0.39, 0.29) is 6.04 Å². The van der Waals surface area contributed by atoms with Crippen LogP contribution in [0.15, 0.2) is 65.6 Å². The highest BCUT2D eigenvalue weighted by Crippen LogP contribution is 2.38. The number of rotatable bonds is 5. The van der Waals surface area contributed by atoms with E-state index in [4.69, 9.17) is 9.97 Å². The van der Waals surface area contributed by atoms with Gasteiger partial charge in [-0.15, -0.1) is 11.8 Å². The molecule has 1 saturated heterocycles. The Morgan fingerprint density at radius 3 is 2.27 bits per heavy atom. The molecule has 154 valence electrons. The zero-order chi connectivity index (χ0) is 20.3. The van der Waals surface area contributed by atoms with Gasteiger partial charge in [-0.25, -0.2) is 4.98 Å². The van der Waals surface area contributed by atoms with E-state index in [2.05, 4.69) is 82.7 Å². The number of nitrogens with zero attached hydrogens (tertiary/aromatic N) is 4. The summed E-state index contributed by atoms with van der Waals surface area (Å²) in [6, 6.07) is 21.4. The predicted molar refractivity (Wildman–Crippen MR) is 126 cm³/mol. The van der Waals surface area contributed by atoms with Gasteiger partial charge in [0.15, 0.2) is 0 Å². The summed E-state index contributed by atoms with van der Waals surface area (Å²) in [6.07, 6.45) is 1.02. The van der Waals surface area contributed by atoms with Crippen molar-refractivity contribution in [1.29, 1.82) is 0 Å². The van der Waals surface area contributed by atoms with Crippen molar-refractivity contribution >= 4 is 29.2 Å². The van der Waals surface area contributed by atoms with Crippen LogP contribution < -0.4 is 15.1 Å². The first-order valence-electron chi connectivity index (χ1n) is 10.7. The standard InChI is InChI=1S/C24H27N5S/c1-18(19-8-4-2-5-9-19)25-23-22-21(12-17-30-22)26-24(27-23)29-15-13-28(14-16-29)20-10-6-3-7-11-20/h2-11,18H,12-17H2,1H3,(H,25,26,27). The van der Waals surface area contributed by atoms with Gasteiger partial charge >= 0.3 is 0 Å². The van der Waals surface area contributed by atoms with Gasteiger partial charge in [-0.3, -0.25) is 0 Å². The van der Waals surface area contributed by atoms with Crippen molar-refractivity contribution in [3.63, 3.8) is 0 Å². The first-order valence-corrected chi connectivity index (χ1v) is 11.7. The second-order valence-corrected chi connectivity index (χ2v) is 8.94. The third kappa shape index (κ3) is 3.97. The molecular weight excluding hydrogens is 390 g/mol. The Morgan fingerprint density at radius 1 is 0.867 bits per heavy atom. The molecule has 1 fully saturated rings. The van der Waals surface area contributed by atoms with E-state index in [0.29, 0.717) is 0 Å². The normalized spacial score (nSPS) is 17.0. The number of aromatic nitrogens is 2. The van der Waals surface area contributed by atoms with Gasteiger partial charge in [-0.1, -0.05) is 48.5 Å². The summed E-state index contributed by atoms with van der Waals surface area (Å²) >= 11 is 1.87. The van der Waals surface area contributed by atoms with E-state index in [0.717, 1.165) is 50.1 Å². The number of aryl methyl sites for hydroxylation is 1. The number of nitrogens with one attached hydrogen (secondary N) is 1. The summed E-state index contributed by atoms with van der Waals surface area (Å²) in [7, 11) is 0. The molecule has 30 heavy (non-hydrogen) atoms. The van der Waals surface area contributed by atoms with Gasteiger partial charge in [0.25, 0.3) is 0 Å². The fourth-order valence-electron chi connectivity index (χ4n) is 4.13. The lowest BCUT2D eigenvalue weighted by Gasteiger charge is -2.36. The van der Waals surface area contributed by atoms with Crippen molar-refractivity contribution < 1.29 is 0 Å². The van der Waals surface area contributed by atoms with E-state index >= 15 is 0 Å². The Bertz CT molecular complexity index is 987. The summed E-state index contributed by atoms with van der Waals surface area (Å²) in [5.41, 5.74) is 3.76. The lowest BCUT2D eigenvalue weighted by Crippen LogP contribution is -2.47. The maximum atomic E-state index is 5.00. The molecule has 1 aromatic heterocycles. The minimum Gasteiger partial charge on any atom is -0.368 e. The molecule has 0 bridgehead atoms. The summed E-state index contributed by atoms with van der Waals surface area (Å²) in [4.78, 5) is 15.9. The molecule has 0 radical (unpaired) electrons. The fraction of sp³-hybridized carbons (Fsp3) is 0.333. The predicted octanol–water partition coefficient (Wildman–Crippen LogP) is 4.62. The molecule has 2 aliphatic heterocycles. The molecule has 3 heterocycles. The third-order valence-electron chi connectivity index (χ3n) is 5.85. The molecule has 1 unspecified atom stereocenters. The molecule has 6 heteroatoms. The smallest absolute Gasteiger partial charge is 0.227 e. The lowest BCUT2D eigenvalue weighted by molar-refractivity contribution is 0.637. The Morgan fingerprint density at radius 2 is 1.53 bits per heavy atom. The van der Waals surface area contributed by atoms with Gasteiger partial charge in [0.2, 0.25) is 5.95 Å². The van der Waals surface area contributed by atoms with Gasteiger partial charge in [0.05, 0.1) is 10.6 Å². The van der Waals surface area contributed by atoms with Gasteiger partial charge < -0.3 is 15.1 Å². The molecule has 3 aromatic rings. The van der Waals surface area contributed by atoms with Crippen LogP contribution in [0, 0.1) is 0 Å². The molecule has 1 atom stereocenters. The number of anilines is 3. The minimum absolute atomic E-state index is 0.203.